The van der Waals surface area contributed by atoms with Crippen LogP contribution in [0.4, 0.5) is 5.69 Å². The average molecular weight is 286 g/mol. The Morgan fingerprint density at radius 2 is 2.06 bits per heavy atom. The van der Waals surface area contributed by atoms with Gasteiger partial charge in [0.25, 0.3) is 0 Å². The molecule has 0 aromatic heterocycles. The van der Waals surface area contributed by atoms with E-state index in [9.17, 15) is 8.42 Å². The third kappa shape index (κ3) is 2.65. The molecule has 1 fully saturated rings. The number of hydrogen-bond donors (Lipinski definition) is 1. The van der Waals surface area contributed by atoms with Crippen LogP contribution in [0.25, 0.3) is 0 Å². The number of rotatable bonds is 2. The van der Waals surface area contributed by atoms with Crippen LogP contribution in [-0.2, 0) is 10.0 Å². The summed E-state index contributed by atoms with van der Waals surface area (Å²) in [5.74, 6) is 1.89. The van der Waals surface area contributed by atoms with E-state index in [-0.39, 0.29) is 0 Å². The molecule has 1 aromatic rings. The number of nitrogen functional groups attached to an aromatic ring is 1. The summed E-state index contributed by atoms with van der Waals surface area (Å²) in [4.78, 5) is 0.342. The van der Waals surface area contributed by atoms with Gasteiger partial charge in [0.05, 0.1) is 4.90 Å². The van der Waals surface area contributed by atoms with Gasteiger partial charge in [0, 0.05) is 24.5 Å². The second-order valence-electron chi connectivity index (χ2n) is 4.34. The molecule has 2 N–H and O–H groups in total. The molecule has 1 aromatic carbocycles. The Morgan fingerprint density at radius 3 is 2.83 bits per heavy atom. The summed E-state index contributed by atoms with van der Waals surface area (Å²) in [5.41, 5.74) is 6.97. The lowest BCUT2D eigenvalue weighted by molar-refractivity contribution is 0.434. The molecule has 0 saturated carbocycles. The van der Waals surface area contributed by atoms with Crippen molar-refractivity contribution < 1.29 is 8.42 Å². The zero-order chi connectivity index (χ0) is 13.2. The van der Waals surface area contributed by atoms with Crippen LogP contribution in [0.5, 0.6) is 0 Å². The number of thioether (sulfide) groups is 1. The quantitative estimate of drug-likeness (QED) is 0.841. The molecule has 0 unspecified atom stereocenters. The third-order valence-electron chi connectivity index (χ3n) is 3.13. The van der Waals surface area contributed by atoms with E-state index in [2.05, 4.69) is 0 Å². The van der Waals surface area contributed by atoms with Crippen molar-refractivity contribution in [3.05, 3.63) is 23.8 Å². The fourth-order valence-electron chi connectivity index (χ4n) is 2.01. The number of benzene rings is 1. The maximum Gasteiger partial charge on any atom is 0.243 e. The van der Waals surface area contributed by atoms with E-state index in [1.54, 1.807) is 29.4 Å². The number of anilines is 1. The van der Waals surface area contributed by atoms with Gasteiger partial charge in [-0.2, -0.15) is 16.1 Å². The second kappa shape index (κ2) is 5.50. The van der Waals surface area contributed by atoms with Gasteiger partial charge in [-0.25, -0.2) is 8.42 Å². The molecule has 0 spiro atoms. The van der Waals surface area contributed by atoms with E-state index in [0.29, 0.717) is 29.2 Å². The molecule has 1 aliphatic rings. The maximum absolute atomic E-state index is 12.6. The molecule has 0 bridgehead atoms. The first-order valence-electron chi connectivity index (χ1n) is 5.96. The summed E-state index contributed by atoms with van der Waals surface area (Å²) in [6.45, 7) is 2.94. The molecule has 0 aliphatic carbocycles. The number of sulfonamides is 1. The van der Waals surface area contributed by atoms with Gasteiger partial charge in [0.2, 0.25) is 10.0 Å². The lowest BCUT2D eigenvalue weighted by atomic mass is 10.2. The molecule has 1 aliphatic heterocycles. The van der Waals surface area contributed by atoms with Crippen LogP contribution in [0, 0.1) is 6.92 Å². The maximum atomic E-state index is 12.6. The molecule has 2 rings (SSSR count). The van der Waals surface area contributed by atoms with Crippen molar-refractivity contribution in [2.24, 2.45) is 0 Å². The minimum atomic E-state index is -3.40. The van der Waals surface area contributed by atoms with Crippen molar-refractivity contribution in [3.8, 4) is 0 Å². The molecule has 4 nitrogen and oxygen atoms in total. The molecule has 0 atom stereocenters. The summed E-state index contributed by atoms with van der Waals surface area (Å²) in [7, 11) is -3.40. The third-order valence-corrected chi connectivity index (χ3v) is 6.22. The van der Waals surface area contributed by atoms with Crippen LogP contribution in [0.2, 0.25) is 0 Å². The predicted molar refractivity (Wildman–Crippen MR) is 76.3 cm³/mol. The smallest absolute Gasteiger partial charge is 0.243 e. The highest BCUT2D eigenvalue weighted by Crippen LogP contribution is 2.25. The van der Waals surface area contributed by atoms with Crippen molar-refractivity contribution in [1.82, 2.24) is 4.31 Å². The fraction of sp³-hybridized carbons (Fsp3) is 0.500. The van der Waals surface area contributed by atoms with Gasteiger partial charge in [0.1, 0.15) is 0 Å². The lowest BCUT2D eigenvalue weighted by Crippen LogP contribution is -2.33. The standard InChI is InChI=1S/C12H18N2O2S2/c1-10-11(13)4-2-5-12(10)18(15,16)14-6-3-8-17-9-7-14/h2,4-5H,3,6-9,13H2,1H3. The molecule has 1 saturated heterocycles. The van der Waals surface area contributed by atoms with Crippen molar-refractivity contribution in [1.29, 1.82) is 0 Å². The molecule has 0 radical (unpaired) electrons. The highest BCUT2D eigenvalue weighted by Gasteiger charge is 2.26. The first-order chi connectivity index (χ1) is 8.53. The molecular formula is C12H18N2O2S2. The molecule has 0 amide bonds. The lowest BCUT2D eigenvalue weighted by Gasteiger charge is -2.21. The largest absolute Gasteiger partial charge is 0.398 e. The van der Waals surface area contributed by atoms with Crippen LogP contribution >= 0.6 is 11.8 Å². The normalized spacial score (nSPS) is 18.5. The number of nitrogens with zero attached hydrogens (tertiary/aromatic N) is 1. The zero-order valence-electron chi connectivity index (χ0n) is 10.4. The van der Waals surface area contributed by atoms with Crippen molar-refractivity contribution in [2.45, 2.75) is 18.2 Å². The van der Waals surface area contributed by atoms with Gasteiger partial charge < -0.3 is 5.73 Å². The number of hydrogen-bond acceptors (Lipinski definition) is 4. The van der Waals surface area contributed by atoms with Crippen molar-refractivity contribution in [3.63, 3.8) is 0 Å². The van der Waals surface area contributed by atoms with Crippen LogP contribution in [0.15, 0.2) is 23.1 Å². The molecular weight excluding hydrogens is 268 g/mol. The molecule has 6 heteroatoms. The molecule has 1 heterocycles. The SMILES string of the molecule is Cc1c(N)cccc1S(=O)(=O)N1CCCSCC1. The van der Waals surface area contributed by atoms with E-state index in [0.717, 1.165) is 17.9 Å². The summed E-state index contributed by atoms with van der Waals surface area (Å²) in [6.07, 6.45) is 0.908. The Bertz CT molecular complexity index is 521. The summed E-state index contributed by atoms with van der Waals surface area (Å²) < 4.78 is 26.7. The highest BCUT2D eigenvalue weighted by atomic mass is 32.2. The Labute approximate surface area is 113 Å². The second-order valence-corrected chi connectivity index (χ2v) is 7.47. The van der Waals surface area contributed by atoms with Gasteiger partial charge in [-0.1, -0.05) is 6.07 Å². The van der Waals surface area contributed by atoms with E-state index >= 15 is 0 Å². The highest BCUT2D eigenvalue weighted by molar-refractivity contribution is 7.99. The first kappa shape index (κ1) is 13.7. The molecule has 100 valence electrons. The Morgan fingerprint density at radius 1 is 1.28 bits per heavy atom. The average Bonchev–Trinajstić information content (AvgIpc) is 2.61. The van der Waals surface area contributed by atoms with Gasteiger partial charge in [0.15, 0.2) is 0 Å². The van der Waals surface area contributed by atoms with Crippen molar-refractivity contribution in [2.75, 3.05) is 30.3 Å². The van der Waals surface area contributed by atoms with E-state index < -0.39 is 10.0 Å². The van der Waals surface area contributed by atoms with Crippen molar-refractivity contribution >= 4 is 27.5 Å². The van der Waals surface area contributed by atoms with E-state index in [4.69, 9.17) is 5.73 Å². The molecule has 18 heavy (non-hydrogen) atoms. The monoisotopic (exact) mass is 286 g/mol. The van der Waals surface area contributed by atoms with E-state index in [1.807, 2.05) is 11.8 Å². The van der Waals surface area contributed by atoms with Crippen LogP contribution in [-0.4, -0.2) is 37.3 Å². The van der Waals surface area contributed by atoms with E-state index in [1.165, 1.54) is 0 Å². The Balaban J connectivity index is 2.38. The van der Waals surface area contributed by atoms with Crippen LogP contribution < -0.4 is 5.73 Å². The predicted octanol–water partition coefficient (Wildman–Crippen LogP) is 1.70. The number of nitrogens with two attached hydrogens (primary N) is 1. The van der Waals surface area contributed by atoms with Crippen LogP contribution in [0.1, 0.15) is 12.0 Å². The topological polar surface area (TPSA) is 63.4 Å². The fourth-order valence-corrected chi connectivity index (χ4v) is 4.75. The van der Waals surface area contributed by atoms with Gasteiger partial charge in [-0.05, 0) is 36.8 Å². The summed E-state index contributed by atoms with van der Waals surface area (Å²) in [5, 5.41) is 0. The summed E-state index contributed by atoms with van der Waals surface area (Å²) >= 11 is 1.81. The Kier molecular flexibility index (Phi) is 4.19. The minimum absolute atomic E-state index is 0.342. The Hall–Kier alpha value is -0.720. The minimum Gasteiger partial charge on any atom is -0.398 e. The zero-order valence-corrected chi connectivity index (χ0v) is 12.1. The van der Waals surface area contributed by atoms with Gasteiger partial charge >= 0.3 is 0 Å². The van der Waals surface area contributed by atoms with Gasteiger partial charge in [-0.15, -0.1) is 0 Å². The van der Waals surface area contributed by atoms with Crippen LogP contribution in [0.3, 0.4) is 0 Å². The van der Waals surface area contributed by atoms with Gasteiger partial charge in [-0.3, -0.25) is 0 Å². The first-order valence-corrected chi connectivity index (χ1v) is 8.56. The summed E-state index contributed by atoms with van der Waals surface area (Å²) in [6, 6.07) is 5.06.